The van der Waals surface area contributed by atoms with E-state index in [0.717, 1.165) is 12.8 Å². The summed E-state index contributed by atoms with van der Waals surface area (Å²) in [6.07, 6.45) is 2.75. The van der Waals surface area contributed by atoms with Crippen molar-refractivity contribution in [2.75, 3.05) is 0 Å². The number of fused-ring (bicyclic) bond motifs is 1. The third-order valence-electron chi connectivity index (χ3n) is 6.81. The molecular weight excluding hydrogens is 440 g/mol. The van der Waals surface area contributed by atoms with Crippen molar-refractivity contribution in [2.45, 2.75) is 51.2 Å². The maximum absolute atomic E-state index is 14.8. The molecule has 2 fully saturated rings. The Labute approximate surface area is 195 Å². The molecule has 0 bridgehead atoms. The molecule has 5 rings (SSSR count). The van der Waals surface area contributed by atoms with Crippen LogP contribution in [-0.2, 0) is 11.3 Å². The highest BCUT2D eigenvalue weighted by molar-refractivity contribution is 6.08. The molecule has 1 saturated heterocycles. The fourth-order valence-corrected chi connectivity index (χ4v) is 4.92. The topological polar surface area (TPSA) is 80.2 Å². The summed E-state index contributed by atoms with van der Waals surface area (Å²) in [4.78, 5) is 38.5. The summed E-state index contributed by atoms with van der Waals surface area (Å²) in [6.45, 7) is 1.81. The molecule has 0 radical (unpaired) electrons. The van der Waals surface area contributed by atoms with Crippen LogP contribution < -0.4 is 16.2 Å². The lowest BCUT2D eigenvalue weighted by atomic mass is 9.99. The normalized spacial score (nSPS) is 18.7. The van der Waals surface area contributed by atoms with Gasteiger partial charge in [0.2, 0.25) is 5.91 Å². The molecule has 1 aromatic heterocycles. The van der Waals surface area contributed by atoms with E-state index >= 15 is 0 Å². The Morgan fingerprint density at radius 1 is 1.15 bits per heavy atom. The average molecular weight is 466 g/mol. The predicted octanol–water partition coefficient (Wildman–Crippen LogP) is 3.75. The molecule has 1 aliphatic heterocycles. The van der Waals surface area contributed by atoms with Crippen molar-refractivity contribution in [1.82, 2.24) is 15.2 Å². The Bertz CT molecular complexity index is 1360. The summed E-state index contributed by atoms with van der Waals surface area (Å²) >= 11 is 0. The molecule has 8 heteroatoms. The molecule has 2 heterocycles. The van der Waals surface area contributed by atoms with Gasteiger partial charge in [0.1, 0.15) is 11.6 Å². The first-order valence-electron chi connectivity index (χ1n) is 11.5. The van der Waals surface area contributed by atoms with Crippen molar-refractivity contribution in [3.8, 4) is 0 Å². The number of aromatic nitrogens is 1. The maximum Gasteiger partial charge on any atom is 0.261 e. The van der Waals surface area contributed by atoms with Crippen LogP contribution in [0.4, 0.5) is 8.78 Å². The number of hydrogen-bond acceptors (Lipinski definition) is 3. The van der Waals surface area contributed by atoms with Crippen LogP contribution in [-0.4, -0.2) is 22.4 Å². The standard InChI is InChI=1S/C26H25F2N3O3/c1-14-22(25(33)30-24(15-8-9-15)16-4-2-5-17(27)12-16)19-6-3-7-20(28)23(19)26(34)31(14)13-18-10-11-21(32)29-18/h2-7,12,15,18,24H,8-11,13H2,1H3,(H,29,32)(H,30,33)/t18?,24-/m0/s1. The lowest BCUT2D eigenvalue weighted by molar-refractivity contribution is -0.119. The molecule has 0 spiro atoms. The van der Waals surface area contributed by atoms with Gasteiger partial charge in [-0.25, -0.2) is 8.78 Å². The first-order valence-corrected chi connectivity index (χ1v) is 11.5. The third kappa shape index (κ3) is 4.08. The quantitative estimate of drug-likeness (QED) is 0.582. The number of nitrogens with zero attached hydrogens (tertiary/aromatic N) is 1. The Morgan fingerprint density at radius 3 is 2.59 bits per heavy atom. The summed E-state index contributed by atoms with van der Waals surface area (Å²) < 4.78 is 30.1. The number of rotatable bonds is 6. The van der Waals surface area contributed by atoms with E-state index in [1.165, 1.54) is 28.8 Å². The van der Waals surface area contributed by atoms with Crippen LogP contribution >= 0.6 is 0 Å². The SMILES string of the molecule is Cc1c(C(=O)N[C@H](c2cccc(F)c2)C2CC2)c2cccc(F)c2c(=O)n1CC1CCC(=O)N1. The molecule has 6 nitrogen and oxygen atoms in total. The number of nitrogens with one attached hydrogen (secondary N) is 2. The summed E-state index contributed by atoms with van der Waals surface area (Å²) in [5.41, 5.74) is 0.745. The minimum absolute atomic E-state index is 0.0944. The minimum Gasteiger partial charge on any atom is -0.352 e. The van der Waals surface area contributed by atoms with Crippen LogP contribution in [0.15, 0.2) is 47.3 Å². The minimum atomic E-state index is -0.704. The summed E-state index contributed by atoms with van der Waals surface area (Å²) in [7, 11) is 0. The van der Waals surface area contributed by atoms with E-state index in [0.29, 0.717) is 24.1 Å². The van der Waals surface area contributed by atoms with Crippen LogP contribution in [0.5, 0.6) is 0 Å². The molecule has 176 valence electrons. The van der Waals surface area contributed by atoms with Gasteiger partial charge in [-0.1, -0.05) is 24.3 Å². The van der Waals surface area contributed by atoms with Crippen molar-refractivity contribution in [2.24, 2.45) is 5.92 Å². The number of halogens is 2. The molecule has 1 saturated carbocycles. The Hall–Kier alpha value is -3.55. The smallest absolute Gasteiger partial charge is 0.261 e. The largest absolute Gasteiger partial charge is 0.352 e. The average Bonchev–Trinajstić information content (AvgIpc) is 3.56. The van der Waals surface area contributed by atoms with Gasteiger partial charge in [-0.05, 0) is 55.9 Å². The van der Waals surface area contributed by atoms with E-state index in [-0.39, 0.29) is 52.6 Å². The molecule has 2 aromatic carbocycles. The van der Waals surface area contributed by atoms with E-state index in [1.807, 2.05) is 0 Å². The number of benzene rings is 2. The van der Waals surface area contributed by atoms with E-state index in [1.54, 1.807) is 25.1 Å². The number of carbonyl (C=O) groups is 2. The van der Waals surface area contributed by atoms with Crippen LogP contribution in [0.25, 0.3) is 10.8 Å². The fourth-order valence-electron chi connectivity index (χ4n) is 4.92. The van der Waals surface area contributed by atoms with Crippen molar-refractivity contribution in [3.63, 3.8) is 0 Å². The van der Waals surface area contributed by atoms with E-state index < -0.39 is 17.3 Å². The third-order valence-corrected chi connectivity index (χ3v) is 6.81. The molecule has 2 amide bonds. The number of pyridine rings is 1. The van der Waals surface area contributed by atoms with E-state index in [9.17, 15) is 23.2 Å². The zero-order chi connectivity index (χ0) is 24.0. The first-order chi connectivity index (χ1) is 16.3. The summed E-state index contributed by atoms with van der Waals surface area (Å²) in [5, 5.41) is 5.93. The van der Waals surface area contributed by atoms with Gasteiger partial charge in [0.25, 0.3) is 11.5 Å². The molecule has 3 aromatic rings. The number of hydrogen-bond donors (Lipinski definition) is 2. The molecular formula is C26H25F2N3O3. The van der Waals surface area contributed by atoms with Gasteiger partial charge in [-0.2, -0.15) is 0 Å². The monoisotopic (exact) mass is 465 g/mol. The van der Waals surface area contributed by atoms with Crippen LogP contribution in [0.3, 0.4) is 0 Å². The molecule has 1 aliphatic carbocycles. The van der Waals surface area contributed by atoms with E-state index in [4.69, 9.17) is 0 Å². The molecule has 2 aliphatic rings. The molecule has 1 unspecified atom stereocenters. The fraction of sp³-hybridized carbons (Fsp3) is 0.346. The molecule has 34 heavy (non-hydrogen) atoms. The van der Waals surface area contributed by atoms with Gasteiger partial charge >= 0.3 is 0 Å². The van der Waals surface area contributed by atoms with Gasteiger partial charge < -0.3 is 15.2 Å². The van der Waals surface area contributed by atoms with Gasteiger partial charge in [-0.3, -0.25) is 14.4 Å². The lowest BCUT2D eigenvalue weighted by Crippen LogP contribution is -2.37. The maximum atomic E-state index is 14.8. The second-order valence-corrected chi connectivity index (χ2v) is 9.19. The van der Waals surface area contributed by atoms with Gasteiger partial charge in [0.05, 0.1) is 17.0 Å². The highest BCUT2D eigenvalue weighted by Crippen LogP contribution is 2.41. The zero-order valence-corrected chi connectivity index (χ0v) is 18.7. The molecule has 2 atom stereocenters. The van der Waals surface area contributed by atoms with Crippen molar-refractivity contribution >= 4 is 22.6 Å². The van der Waals surface area contributed by atoms with Crippen molar-refractivity contribution in [1.29, 1.82) is 0 Å². The zero-order valence-electron chi connectivity index (χ0n) is 18.7. The van der Waals surface area contributed by atoms with Gasteiger partial charge in [0.15, 0.2) is 0 Å². The predicted molar refractivity (Wildman–Crippen MR) is 123 cm³/mol. The highest BCUT2D eigenvalue weighted by Gasteiger charge is 2.35. The summed E-state index contributed by atoms with van der Waals surface area (Å²) in [6, 6.07) is 9.74. The van der Waals surface area contributed by atoms with Crippen LogP contribution in [0.2, 0.25) is 0 Å². The van der Waals surface area contributed by atoms with Crippen LogP contribution in [0.1, 0.15) is 53.3 Å². The van der Waals surface area contributed by atoms with Gasteiger partial charge in [-0.15, -0.1) is 0 Å². The number of amides is 2. The number of carbonyl (C=O) groups excluding carboxylic acids is 2. The second kappa shape index (κ2) is 8.66. The Kier molecular flexibility index (Phi) is 5.67. The second-order valence-electron chi connectivity index (χ2n) is 9.19. The Morgan fingerprint density at radius 2 is 1.91 bits per heavy atom. The van der Waals surface area contributed by atoms with Crippen molar-refractivity contribution < 1.29 is 18.4 Å². The summed E-state index contributed by atoms with van der Waals surface area (Å²) in [5.74, 6) is -1.44. The van der Waals surface area contributed by atoms with Gasteiger partial charge in [0, 0.05) is 30.1 Å². The van der Waals surface area contributed by atoms with E-state index in [2.05, 4.69) is 10.6 Å². The highest BCUT2D eigenvalue weighted by atomic mass is 19.1. The van der Waals surface area contributed by atoms with Crippen LogP contribution in [0, 0.1) is 24.5 Å². The molecule has 2 N–H and O–H groups in total. The first kappa shape index (κ1) is 22.3. The van der Waals surface area contributed by atoms with Crippen molar-refractivity contribution in [3.05, 3.63) is 81.3 Å². The lowest BCUT2D eigenvalue weighted by Gasteiger charge is -2.23. The Balaban J connectivity index is 1.59.